The van der Waals surface area contributed by atoms with Gasteiger partial charge in [0.05, 0.1) is 20.7 Å². The van der Waals surface area contributed by atoms with E-state index in [0.717, 1.165) is 16.0 Å². The topological polar surface area (TPSA) is 43.8 Å². The van der Waals surface area contributed by atoms with Gasteiger partial charge in [-0.05, 0) is 25.1 Å². The van der Waals surface area contributed by atoms with E-state index in [9.17, 15) is 0 Å². The summed E-state index contributed by atoms with van der Waals surface area (Å²) >= 11 is 1.71. The van der Waals surface area contributed by atoms with Crippen LogP contribution in [0.1, 0.15) is 5.01 Å². The monoisotopic (exact) mass is 203 g/mol. The molecular weight excluding hydrogens is 194 g/mol. The van der Waals surface area contributed by atoms with Gasteiger partial charge in [-0.15, -0.1) is 11.3 Å². The fraction of sp³-hybridized carbons (Fsp3) is 0.100. The maximum atomic E-state index is 5.77. The van der Waals surface area contributed by atoms with Crippen molar-refractivity contribution in [3.8, 4) is 0 Å². The summed E-state index contributed by atoms with van der Waals surface area (Å²) in [6.07, 6.45) is 1.87. The quantitative estimate of drug-likeness (QED) is 0.569. The first-order valence-electron chi connectivity index (χ1n) is 4.38. The van der Waals surface area contributed by atoms with E-state index >= 15 is 0 Å². The van der Waals surface area contributed by atoms with Gasteiger partial charge < -0.3 is 5.84 Å². The van der Waals surface area contributed by atoms with Crippen LogP contribution in [-0.2, 0) is 0 Å². The average Bonchev–Trinajstić information content (AvgIpc) is 2.68. The summed E-state index contributed by atoms with van der Waals surface area (Å²) in [6.45, 7) is 2.02. The third-order valence-corrected chi connectivity index (χ3v) is 3.38. The van der Waals surface area contributed by atoms with E-state index in [0.29, 0.717) is 0 Å². The molecule has 0 saturated carbocycles. The highest BCUT2D eigenvalue weighted by Crippen LogP contribution is 2.29. The minimum absolute atomic E-state index is 1.06. The molecule has 0 atom stereocenters. The van der Waals surface area contributed by atoms with Crippen LogP contribution in [0.4, 0.5) is 0 Å². The Balaban J connectivity index is 2.60. The standard InChI is InChI=1S/C10H9N3S/c1-6-12-8-2-3-9-7(10(8)14-6)4-5-13(9)11/h2-5H,11H2,1H3. The minimum atomic E-state index is 1.06. The fourth-order valence-corrected chi connectivity index (χ4v) is 2.67. The molecule has 4 heteroatoms. The number of aromatic nitrogens is 2. The lowest BCUT2D eigenvalue weighted by Crippen LogP contribution is -2.04. The van der Waals surface area contributed by atoms with Gasteiger partial charge in [0.2, 0.25) is 0 Å². The number of fused-ring (bicyclic) bond motifs is 3. The summed E-state index contributed by atoms with van der Waals surface area (Å²) in [6, 6.07) is 6.07. The first-order valence-corrected chi connectivity index (χ1v) is 5.19. The number of thiazole rings is 1. The van der Waals surface area contributed by atoms with Crippen molar-refractivity contribution in [2.75, 3.05) is 5.84 Å². The van der Waals surface area contributed by atoms with E-state index in [-0.39, 0.29) is 0 Å². The maximum Gasteiger partial charge on any atom is 0.0908 e. The van der Waals surface area contributed by atoms with Gasteiger partial charge in [0.15, 0.2) is 0 Å². The largest absolute Gasteiger partial charge is 0.339 e. The molecule has 70 valence electrons. The molecule has 1 aromatic carbocycles. The Kier molecular flexibility index (Phi) is 1.39. The summed E-state index contributed by atoms with van der Waals surface area (Å²) in [4.78, 5) is 4.44. The van der Waals surface area contributed by atoms with Gasteiger partial charge in [-0.25, -0.2) is 4.98 Å². The summed E-state index contributed by atoms with van der Waals surface area (Å²) in [7, 11) is 0. The molecule has 0 aliphatic rings. The molecule has 2 heterocycles. The average molecular weight is 203 g/mol. The molecule has 0 spiro atoms. The molecule has 0 fully saturated rings. The predicted octanol–water partition coefficient (Wildman–Crippen LogP) is 2.27. The molecule has 3 aromatic rings. The second-order valence-electron chi connectivity index (χ2n) is 3.30. The summed E-state index contributed by atoms with van der Waals surface area (Å²) in [5.74, 6) is 5.77. The Bertz CT molecular complexity index is 621. The zero-order chi connectivity index (χ0) is 9.71. The molecular formula is C10H9N3S. The van der Waals surface area contributed by atoms with Gasteiger partial charge in [0.1, 0.15) is 0 Å². The zero-order valence-electron chi connectivity index (χ0n) is 7.69. The van der Waals surface area contributed by atoms with Crippen molar-refractivity contribution in [1.82, 2.24) is 9.66 Å². The van der Waals surface area contributed by atoms with Gasteiger partial charge in [-0.3, -0.25) is 4.68 Å². The third kappa shape index (κ3) is 0.886. The van der Waals surface area contributed by atoms with Crippen molar-refractivity contribution in [1.29, 1.82) is 0 Å². The van der Waals surface area contributed by atoms with Gasteiger partial charge in [-0.2, -0.15) is 0 Å². The molecule has 0 saturated heterocycles. The van der Waals surface area contributed by atoms with E-state index < -0.39 is 0 Å². The Hall–Kier alpha value is -1.55. The van der Waals surface area contributed by atoms with Crippen LogP contribution in [0.5, 0.6) is 0 Å². The summed E-state index contributed by atoms with van der Waals surface area (Å²) < 4.78 is 2.87. The lowest BCUT2D eigenvalue weighted by atomic mass is 10.2. The lowest BCUT2D eigenvalue weighted by Gasteiger charge is -1.95. The second-order valence-corrected chi connectivity index (χ2v) is 4.51. The normalized spacial score (nSPS) is 11.5. The van der Waals surface area contributed by atoms with Gasteiger partial charge in [0.25, 0.3) is 0 Å². The number of hydrogen-bond donors (Lipinski definition) is 1. The van der Waals surface area contributed by atoms with Crippen LogP contribution in [0.3, 0.4) is 0 Å². The second kappa shape index (κ2) is 2.48. The predicted molar refractivity (Wildman–Crippen MR) is 60.0 cm³/mol. The van der Waals surface area contributed by atoms with Gasteiger partial charge in [-0.1, -0.05) is 0 Å². The highest BCUT2D eigenvalue weighted by atomic mass is 32.1. The number of rotatable bonds is 0. The molecule has 0 unspecified atom stereocenters. The fourth-order valence-electron chi connectivity index (χ4n) is 1.73. The van der Waals surface area contributed by atoms with Gasteiger partial charge >= 0.3 is 0 Å². The van der Waals surface area contributed by atoms with Crippen LogP contribution in [-0.4, -0.2) is 9.66 Å². The van der Waals surface area contributed by atoms with E-state index in [1.54, 1.807) is 16.0 Å². The molecule has 0 bridgehead atoms. The lowest BCUT2D eigenvalue weighted by molar-refractivity contribution is 1.07. The third-order valence-electron chi connectivity index (χ3n) is 2.36. The van der Waals surface area contributed by atoms with Crippen LogP contribution < -0.4 is 5.84 Å². The molecule has 0 amide bonds. The van der Waals surface area contributed by atoms with Crippen LogP contribution in [0.2, 0.25) is 0 Å². The van der Waals surface area contributed by atoms with Crippen LogP contribution >= 0.6 is 11.3 Å². The van der Waals surface area contributed by atoms with Gasteiger partial charge in [0, 0.05) is 11.6 Å². The number of nitrogens with zero attached hydrogens (tertiary/aromatic N) is 2. The molecule has 0 aliphatic heterocycles. The summed E-state index contributed by atoms with van der Waals surface area (Å²) in [5.41, 5.74) is 2.12. The first kappa shape index (κ1) is 7.82. The van der Waals surface area contributed by atoms with Crippen molar-refractivity contribution < 1.29 is 0 Å². The Morgan fingerprint density at radius 2 is 2.21 bits per heavy atom. The van der Waals surface area contributed by atoms with E-state index in [4.69, 9.17) is 5.84 Å². The number of benzene rings is 1. The highest BCUT2D eigenvalue weighted by Gasteiger charge is 2.06. The molecule has 14 heavy (non-hydrogen) atoms. The maximum absolute atomic E-state index is 5.77. The molecule has 2 aromatic heterocycles. The number of nitrogens with two attached hydrogens (primary N) is 1. The number of nitrogen functional groups attached to an aromatic ring is 1. The number of hydrogen-bond acceptors (Lipinski definition) is 3. The molecule has 0 aliphatic carbocycles. The van der Waals surface area contributed by atoms with E-state index in [1.165, 1.54) is 10.1 Å². The summed E-state index contributed by atoms with van der Waals surface area (Å²) in [5, 5.41) is 2.29. The highest BCUT2D eigenvalue weighted by molar-refractivity contribution is 7.19. The smallest absolute Gasteiger partial charge is 0.0908 e. The number of aryl methyl sites for hydroxylation is 1. The van der Waals surface area contributed by atoms with E-state index in [1.807, 2.05) is 31.3 Å². The van der Waals surface area contributed by atoms with Crippen molar-refractivity contribution in [2.45, 2.75) is 6.92 Å². The van der Waals surface area contributed by atoms with Crippen molar-refractivity contribution in [2.24, 2.45) is 0 Å². The molecule has 3 rings (SSSR count). The van der Waals surface area contributed by atoms with Crippen molar-refractivity contribution in [3.63, 3.8) is 0 Å². The Morgan fingerprint density at radius 3 is 3.07 bits per heavy atom. The van der Waals surface area contributed by atoms with E-state index in [2.05, 4.69) is 4.98 Å². The Morgan fingerprint density at radius 1 is 1.36 bits per heavy atom. The first-order chi connectivity index (χ1) is 6.75. The van der Waals surface area contributed by atoms with Crippen LogP contribution in [0, 0.1) is 6.92 Å². The SMILES string of the molecule is Cc1nc2ccc3c(ccn3N)c2s1. The Labute approximate surface area is 84.7 Å². The minimum Gasteiger partial charge on any atom is -0.339 e. The van der Waals surface area contributed by atoms with Crippen LogP contribution in [0.25, 0.3) is 21.1 Å². The molecule has 2 N–H and O–H groups in total. The molecule has 3 nitrogen and oxygen atoms in total. The van der Waals surface area contributed by atoms with Crippen molar-refractivity contribution >= 4 is 32.5 Å². The van der Waals surface area contributed by atoms with Crippen LogP contribution in [0.15, 0.2) is 24.4 Å². The zero-order valence-corrected chi connectivity index (χ0v) is 8.51. The van der Waals surface area contributed by atoms with Crippen molar-refractivity contribution in [3.05, 3.63) is 29.4 Å². The molecule has 0 radical (unpaired) electrons.